The number of hydrogen-bond acceptors (Lipinski definition) is 3. The Bertz CT molecular complexity index is 257. The molecule has 2 saturated heterocycles. The maximum absolute atomic E-state index is 2.70. The minimum atomic E-state index is 0.769. The number of likely N-dealkylation sites (tertiary alicyclic amines) is 1. The van der Waals surface area contributed by atoms with Crippen LogP contribution in [-0.2, 0) is 0 Å². The van der Waals surface area contributed by atoms with Gasteiger partial charge >= 0.3 is 0 Å². The monoisotopic (exact) mass is 267 g/mol. The molecule has 0 radical (unpaired) electrons. The van der Waals surface area contributed by atoms with Crippen LogP contribution in [0.1, 0.15) is 33.6 Å². The second-order valence-electron chi connectivity index (χ2n) is 6.68. The molecule has 0 unspecified atom stereocenters. The van der Waals surface area contributed by atoms with Gasteiger partial charge in [0, 0.05) is 45.8 Å². The molecule has 3 nitrogen and oxygen atoms in total. The van der Waals surface area contributed by atoms with Crippen molar-refractivity contribution < 1.29 is 0 Å². The van der Waals surface area contributed by atoms with E-state index in [9.17, 15) is 0 Å². The number of rotatable bonds is 3. The molecule has 2 aliphatic heterocycles. The van der Waals surface area contributed by atoms with Gasteiger partial charge in [-0.3, -0.25) is 0 Å². The Hall–Kier alpha value is -0.120. The molecule has 2 heterocycles. The van der Waals surface area contributed by atoms with Crippen LogP contribution in [0.25, 0.3) is 0 Å². The fraction of sp³-hybridized carbons (Fsp3) is 1.00. The van der Waals surface area contributed by atoms with Crippen LogP contribution >= 0.6 is 0 Å². The lowest BCUT2D eigenvalue weighted by atomic mass is 9.58. The molecule has 1 aliphatic carbocycles. The van der Waals surface area contributed by atoms with E-state index < -0.39 is 0 Å². The van der Waals surface area contributed by atoms with Crippen LogP contribution in [0.4, 0.5) is 0 Å². The molecule has 0 aromatic rings. The first-order chi connectivity index (χ1) is 9.19. The van der Waals surface area contributed by atoms with Gasteiger partial charge in [0.05, 0.1) is 0 Å². The molecule has 3 aliphatic rings. The SMILES string of the molecule is CC.CCN1CCN(CC2CC3(C2)CN(C)C3)CC1. The summed E-state index contributed by atoms with van der Waals surface area (Å²) in [5.41, 5.74) is 0.769. The van der Waals surface area contributed by atoms with Gasteiger partial charge in [-0.15, -0.1) is 0 Å². The first-order valence-corrected chi connectivity index (χ1v) is 8.32. The van der Waals surface area contributed by atoms with Crippen molar-refractivity contribution in [2.45, 2.75) is 33.6 Å². The van der Waals surface area contributed by atoms with Crippen LogP contribution in [0.5, 0.6) is 0 Å². The zero-order chi connectivity index (χ0) is 13.9. The van der Waals surface area contributed by atoms with Crippen molar-refractivity contribution in [3.63, 3.8) is 0 Å². The standard InChI is InChI=1S/C14H27N3.C2H6/c1-3-16-4-6-17(7-5-16)10-13-8-14(9-13)11-15(2)12-14;1-2/h13H,3-12H2,1-2H3;1-2H3. The van der Waals surface area contributed by atoms with E-state index in [1.54, 1.807) is 0 Å². The van der Waals surface area contributed by atoms with E-state index in [4.69, 9.17) is 0 Å². The first-order valence-electron chi connectivity index (χ1n) is 8.32. The lowest BCUT2D eigenvalue weighted by Gasteiger charge is -2.59. The molecule has 19 heavy (non-hydrogen) atoms. The Morgan fingerprint density at radius 1 is 0.947 bits per heavy atom. The molecule has 3 rings (SSSR count). The number of likely N-dealkylation sites (N-methyl/N-ethyl adjacent to an activating group) is 1. The molecular formula is C16H33N3. The van der Waals surface area contributed by atoms with Gasteiger partial charge < -0.3 is 14.7 Å². The van der Waals surface area contributed by atoms with Crippen LogP contribution < -0.4 is 0 Å². The van der Waals surface area contributed by atoms with Crippen molar-refractivity contribution in [3.05, 3.63) is 0 Å². The summed E-state index contributed by atoms with van der Waals surface area (Å²) in [7, 11) is 2.25. The number of piperazine rings is 1. The zero-order valence-electron chi connectivity index (χ0n) is 13.5. The Labute approximate surface area is 119 Å². The molecule has 3 fully saturated rings. The maximum Gasteiger partial charge on any atom is 0.0110 e. The van der Waals surface area contributed by atoms with Crippen molar-refractivity contribution in [3.8, 4) is 0 Å². The highest BCUT2D eigenvalue weighted by atomic mass is 15.3. The van der Waals surface area contributed by atoms with Crippen molar-refractivity contribution in [2.24, 2.45) is 11.3 Å². The van der Waals surface area contributed by atoms with Gasteiger partial charge in [-0.1, -0.05) is 20.8 Å². The topological polar surface area (TPSA) is 9.72 Å². The summed E-state index contributed by atoms with van der Waals surface area (Å²) in [4.78, 5) is 7.74. The van der Waals surface area contributed by atoms with Gasteiger partial charge in [-0.2, -0.15) is 0 Å². The summed E-state index contributed by atoms with van der Waals surface area (Å²) in [5, 5.41) is 0. The maximum atomic E-state index is 2.70. The summed E-state index contributed by atoms with van der Waals surface area (Å²) in [6, 6.07) is 0. The van der Waals surface area contributed by atoms with E-state index >= 15 is 0 Å². The Balaban J connectivity index is 0.000000637. The van der Waals surface area contributed by atoms with Crippen LogP contribution in [-0.4, -0.2) is 74.1 Å². The summed E-state index contributed by atoms with van der Waals surface area (Å²) < 4.78 is 0. The summed E-state index contributed by atoms with van der Waals surface area (Å²) >= 11 is 0. The zero-order valence-corrected chi connectivity index (χ0v) is 13.5. The Kier molecular flexibility index (Phi) is 5.27. The largest absolute Gasteiger partial charge is 0.305 e. The van der Waals surface area contributed by atoms with Gasteiger partial charge in [0.15, 0.2) is 0 Å². The van der Waals surface area contributed by atoms with Crippen molar-refractivity contribution in [1.29, 1.82) is 0 Å². The van der Waals surface area contributed by atoms with Crippen LogP contribution in [0.15, 0.2) is 0 Å². The molecule has 0 amide bonds. The fourth-order valence-electron chi connectivity index (χ4n) is 4.30. The quantitative estimate of drug-likeness (QED) is 0.774. The smallest absolute Gasteiger partial charge is 0.0110 e. The molecule has 1 saturated carbocycles. The summed E-state index contributed by atoms with van der Waals surface area (Å²) in [5.74, 6) is 1.01. The predicted octanol–water partition coefficient (Wildman–Crippen LogP) is 1.99. The molecule has 0 atom stereocenters. The first kappa shape index (κ1) is 15.3. The summed E-state index contributed by atoms with van der Waals surface area (Å²) in [6.07, 6.45) is 3.01. The molecular weight excluding hydrogens is 234 g/mol. The highest BCUT2D eigenvalue weighted by molar-refractivity contribution is 5.03. The van der Waals surface area contributed by atoms with E-state index in [0.717, 1.165) is 11.3 Å². The lowest BCUT2D eigenvalue weighted by molar-refractivity contribution is -0.0905. The lowest BCUT2D eigenvalue weighted by Crippen LogP contribution is -2.62. The molecule has 3 heteroatoms. The summed E-state index contributed by atoms with van der Waals surface area (Å²) in [6.45, 7) is 16.8. The van der Waals surface area contributed by atoms with E-state index in [0.29, 0.717) is 0 Å². The molecule has 0 aromatic carbocycles. The van der Waals surface area contributed by atoms with Crippen molar-refractivity contribution in [1.82, 2.24) is 14.7 Å². The van der Waals surface area contributed by atoms with E-state index in [1.807, 2.05) is 13.8 Å². The van der Waals surface area contributed by atoms with Gasteiger partial charge in [-0.05, 0) is 37.8 Å². The molecule has 0 bridgehead atoms. The minimum Gasteiger partial charge on any atom is -0.305 e. The number of nitrogens with zero attached hydrogens (tertiary/aromatic N) is 3. The number of hydrogen-bond donors (Lipinski definition) is 0. The second-order valence-corrected chi connectivity index (χ2v) is 6.68. The van der Waals surface area contributed by atoms with Crippen molar-refractivity contribution in [2.75, 3.05) is 59.4 Å². The highest BCUT2D eigenvalue weighted by Crippen LogP contribution is 2.51. The van der Waals surface area contributed by atoms with Gasteiger partial charge in [0.25, 0.3) is 0 Å². The van der Waals surface area contributed by atoms with Crippen LogP contribution in [0.2, 0.25) is 0 Å². The third kappa shape index (κ3) is 3.50. The van der Waals surface area contributed by atoms with Crippen molar-refractivity contribution >= 4 is 0 Å². The van der Waals surface area contributed by atoms with Crippen LogP contribution in [0, 0.1) is 11.3 Å². The third-order valence-electron chi connectivity index (χ3n) is 5.08. The molecule has 1 spiro atoms. The van der Waals surface area contributed by atoms with Gasteiger partial charge in [-0.25, -0.2) is 0 Å². The van der Waals surface area contributed by atoms with Crippen LogP contribution in [0.3, 0.4) is 0 Å². The molecule has 0 aromatic heterocycles. The minimum absolute atomic E-state index is 0.769. The Morgan fingerprint density at radius 2 is 1.47 bits per heavy atom. The third-order valence-corrected chi connectivity index (χ3v) is 5.08. The molecule has 0 N–H and O–H groups in total. The average Bonchev–Trinajstić information content (AvgIpc) is 2.38. The van der Waals surface area contributed by atoms with E-state index in [-0.39, 0.29) is 0 Å². The normalized spacial score (nSPS) is 28.4. The van der Waals surface area contributed by atoms with Gasteiger partial charge in [0.2, 0.25) is 0 Å². The average molecular weight is 267 g/mol. The van der Waals surface area contributed by atoms with E-state index in [1.165, 1.54) is 65.2 Å². The van der Waals surface area contributed by atoms with Gasteiger partial charge in [0.1, 0.15) is 0 Å². The molecule has 112 valence electrons. The van der Waals surface area contributed by atoms with E-state index in [2.05, 4.69) is 28.7 Å². The highest BCUT2D eigenvalue weighted by Gasteiger charge is 2.50. The Morgan fingerprint density at radius 3 is 1.95 bits per heavy atom. The second kappa shape index (κ2) is 6.55. The predicted molar refractivity (Wildman–Crippen MR) is 82.6 cm³/mol. The fourth-order valence-corrected chi connectivity index (χ4v) is 4.30.